The molecule has 0 bridgehead atoms. The number of pyridine rings is 1. The molecule has 1 saturated heterocycles. The van der Waals surface area contributed by atoms with Crippen LogP contribution in [0.5, 0.6) is 0 Å². The number of aliphatic carboxylic acids is 1. The second kappa shape index (κ2) is 9.94. The molecule has 2 aliphatic rings. The first-order chi connectivity index (χ1) is 18.8. The van der Waals surface area contributed by atoms with E-state index >= 15 is 0 Å². The van der Waals surface area contributed by atoms with Gasteiger partial charge in [-0.2, -0.15) is 10.4 Å². The van der Waals surface area contributed by atoms with E-state index in [0.717, 1.165) is 54.2 Å². The smallest absolute Gasteiger partial charge is 0.317 e. The van der Waals surface area contributed by atoms with Crippen LogP contribution >= 0.6 is 11.3 Å². The predicted molar refractivity (Wildman–Crippen MR) is 148 cm³/mol. The molecule has 1 saturated carbocycles. The Labute approximate surface area is 229 Å². The van der Waals surface area contributed by atoms with Gasteiger partial charge in [-0.1, -0.05) is 11.3 Å². The second-order valence-electron chi connectivity index (χ2n) is 10.2. The van der Waals surface area contributed by atoms with Crippen LogP contribution in [0.3, 0.4) is 0 Å². The molecule has 0 amide bonds. The molecule has 1 aromatic carbocycles. The van der Waals surface area contributed by atoms with Crippen molar-refractivity contribution in [3.63, 3.8) is 0 Å². The largest absolute Gasteiger partial charge is 0.480 e. The number of anilines is 3. The fraction of sp³-hybridized carbons (Fsp3) is 0.357. The highest BCUT2D eigenvalue weighted by atomic mass is 32.1. The highest BCUT2D eigenvalue weighted by Gasteiger charge is 2.33. The maximum atomic E-state index is 13.5. The summed E-state index contributed by atoms with van der Waals surface area (Å²) in [5, 5.41) is 24.7. The molecule has 0 unspecified atom stereocenters. The lowest BCUT2D eigenvalue weighted by molar-refractivity contribution is -0.138. The molecule has 1 N–H and O–H groups in total. The molecular formula is C28H28FN7O2S. The molecule has 39 heavy (non-hydrogen) atoms. The Morgan fingerprint density at radius 3 is 2.56 bits per heavy atom. The summed E-state index contributed by atoms with van der Waals surface area (Å²) < 4.78 is 15.5. The van der Waals surface area contributed by atoms with Gasteiger partial charge in [0.2, 0.25) is 0 Å². The average molecular weight is 546 g/mol. The summed E-state index contributed by atoms with van der Waals surface area (Å²) in [7, 11) is 1.96. The van der Waals surface area contributed by atoms with Gasteiger partial charge in [0.25, 0.3) is 0 Å². The lowest BCUT2D eigenvalue weighted by Crippen LogP contribution is -2.48. The van der Waals surface area contributed by atoms with Crippen LogP contribution in [-0.2, 0) is 4.79 Å². The van der Waals surface area contributed by atoms with E-state index in [2.05, 4.69) is 30.0 Å². The van der Waals surface area contributed by atoms with Gasteiger partial charge in [-0.3, -0.25) is 9.69 Å². The highest BCUT2D eigenvalue weighted by molar-refractivity contribution is 7.16. The monoisotopic (exact) mass is 545 g/mol. The number of rotatable bonds is 7. The van der Waals surface area contributed by atoms with Crippen molar-refractivity contribution in [3.05, 3.63) is 58.5 Å². The van der Waals surface area contributed by atoms with Crippen molar-refractivity contribution in [2.45, 2.75) is 25.7 Å². The minimum atomic E-state index is -0.801. The molecule has 0 spiro atoms. The van der Waals surface area contributed by atoms with E-state index in [9.17, 15) is 14.4 Å². The zero-order chi connectivity index (χ0) is 27.3. The van der Waals surface area contributed by atoms with E-state index in [1.807, 2.05) is 21.4 Å². The van der Waals surface area contributed by atoms with Crippen LogP contribution in [0.4, 0.5) is 20.9 Å². The number of nitrogens with zero attached hydrogens (tertiary/aromatic N) is 7. The van der Waals surface area contributed by atoms with Gasteiger partial charge in [0, 0.05) is 56.1 Å². The van der Waals surface area contributed by atoms with E-state index in [4.69, 9.17) is 15.2 Å². The highest BCUT2D eigenvalue weighted by Crippen LogP contribution is 2.48. The Morgan fingerprint density at radius 2 is 1.92 bits per heavy atom. The Hall–Kier alpha value is -4.01. The van der Waals surface area contributed by atoms with Gasteiger partial charge in [0.05, 0.1) is 23.4 Å². The van der Waals surface area contributed by atoms with Crippen molar-refractivity contribution in [1.29, 1.82) is 5.26 Å². The van der Waals surface area contributed by atoms with Gasteiger partial charge in [-0.25, -0.2) is 13.9 Å². The second-order valence-corrected chi connectivity index (χ2v) is 11.1. The number of nitriles is 1. The number of hydrogen-bond donors (Lipinski definition) is 1. The van der Waals surface area contributed by atoms with E-state index < -0.39 is 5.97 Å². The van der Waals surface area contributed by atoms with Crippen LogP contribution in [0.2, 0.25) is 0 Å². The lowest BCUT2D eigenvalue weighted by Gasteiger charge is -2.35. The number of hydrogen-bond acceptors (Lipinski definition) is 8. The van der Waals surface area contributed by atoms with Gasteiger partial charge in [0.15, 0.2) is 5.13 Å². The molecule has 9 nitrogen and oxygen atoms in total. The SMILES string of the molecule is Cc1cc(N2CCN(CC(=O)O)CC2)cc2c(N(C)c3nc(-c4ccc(F)cc4)c(C#N)s3)c(C3CC3)nn12. The number of carbonyl (C=O) groups is 1. The molecule has 200 valence electrons. The van der Waals surface area contributed by atoms with Crippen LogP contribution in [-0.4, -0.2) is 70.3 Å². The number of benzene rings is 1. The van der Waals surface area contributed by atoms with Gasteiger partial charge >= 0.3 is 5.97 Å². The number of carboxylic acids is 1. The van der Waals surface area contributed by atoms with Crippen molar-refractivity contribution >= 4 is 39.3 Å². The van der Waals surface area contributed by atoms with Gasteiger partial charge in [-0.05, 0) is 56.2 Å². The maximum absolute atomic E-state index is 13.5. The van der Waals surface area contributed by atoms with Crippen LogP contribution in [0.1, 0.15) is 35.0 Å². The van der Waals surface area contributed by atoms with Crippen molar-refractivity contribution in [3.8, 4) is 17.3 Å². The van der Waals surface area contributed by atoms with Gasteiger partial charge in [0.1, 0.15) is 22.5 Å². The molecule has 0 atom stereocenters. The number of halogens is 1. The minimum Gasteiger partial charge on any atom is -0.480 e. The molecule has 1 aliphatic carbocycles. The third kappa shape index (κ3) is 4.82. The number of aryl methyl sites for hydroxylation is 1. The summed E-state index contributed by atoms with van der Waals surface area (Å²) in [5.41, 5.74) is 6.32. The molecule has 4 heterocycles. The summed E-state index contributed by atoms with van der Waals surface area (Å²) in [6, 6.07) is 12.6. The van der Waals surface area contributed by atoms with E-state index in [1.54, 1.807) is 12.1 Å². The molecule has 3 aromatic heterocycles. The zero-order valence-corrected chi connectivity index (χ0v) is 22.6. The normalized spacial score (nSPS) is 16.0. The first-order valence-electron chi connectivity index (χ1n) is 13.0. The third-order valence-electron chi connectivity index (χ3n) is 7.41. The summed E-state index contributed by atoms with van der Waals surface area (Å²) >= 11 is 1.31. The van der Waals surface area contributed by atoms with Gasteiger partial charge < -0.3 is 14.9 Å². The minimum absolute atomic E-state index is 0.0621. The Kier molecular flexibility index (Phi) is 6.45. The third-order valence-corrected chi connectivity index (χ3v) is 8.45. The summed E-state index contributed by atoms with van der Waals surface area (Å²) in [6.45, 7) is 4.99. The van der Waals surface area contributed by atoms with E-state index in [0.29, 0.717) is 40.3 Å². The van der Waals surface area contributed by atoms with Crippen LogP contribution in [0.25, 0.3) is 16.8 Å². The van der Waals surface area contributed by atoms with Crippen molar-refractivity contribution in [2.24, 2.45) is 0 Å². The molecular weight excluding hydrogens is 517 g/mol. The molecule has 1 aliphatic heterocycles. The van der Waals surface area contributed by atoms with Crippen molar-refractivity contribution in [1.82, 2.24) is 19.5 Å². The number of fused-ring (bicyclic) bond motifs is 1. The number of thiazole rings is 1. The molecule has 6 rings (SSSR count). The Morgan fingerprint density at radius 1 is 1.21 bits per heavy atom. The molecule has 0 radical (unpaired) electrons. The molecule has 4 aromatic rings. The summed E-state index contributed by atoms with van der Waals surface area (Å²) in [6.07, 6.45) is 2.18. The first kappa shape index (κ1) is 25.3. The van der Waals surface area contributed by atoms with E-state index in [-0.39, 0.29) is 12.4 Å². The zero-order valence-electron chi connectivity index (χ0n) is 21.8. The van der Waals surface area contributed by atoms with Crippen LogP contribution in [0, 0.1) is 24.1 Å². The van der Waals surface area contributed by atoms with Gasteiger partial charge in [-0.15, -0.1) is 0 Å². The fourth-order valence-corrected chi connectivity index (χ4v) is 6.09. The van der Waals surface area contributed by atoms with Crippen LogP contribution < -0.4 is 9.80 Å². The lowest BCUT2D eigenvalue weighted by atomic mass is 10.1. The Balaban J connectivity index is 1.39. The fourth-order valence-electron chi connectivity index (χ4n) is 5.24. The summed E-state index contributed by atoms with van der Waals surface area (Å²) in [4.78, 5) is 22.7. The predicted octanol–water partition coefficient (Wildman–Crippen LogP) is 4.63. The maximum Gasteiger partial charge on any atom is 0.317 e. The standard InChI is InChI=1S/C28H28FN7O2S/c1-17-13-21(35-11-9-34(10-12-35)16-24(37)38)14-22-27(26(19-3-4-19)32-36(17)22)33(2)28-31-25(23(15-30)39-28)18-5-7-20(29)8-6-18/h5-8,13-14,19H,3-4,9-12,16H2,1-2H3,(H,37,38). The molecule has 11 heteroatoms. The van der Waals surface area contributed by atoms with Crippen molar-refractivity contribution in [2.75, 3.05) is 49.6 Å². The quantitative estimate of drug-likeness (QED) is 0.359. The topological polar surface area (TPSA) is 101 Å². The number of piperazine rings is 1. The number of aromatic nitrogens is 3. The molecule has 2 fully saturated rings. The Bertz CT molecular complexity index is 1590. The average Bonchev–Trinajstić information content (AvgIpc) is 3.55. The van der Waals surface area contributed by atoms with Crippen molar-refractivity contribution < 1.29 is 14.3 Å². The summed E-state index contributed by atoms with van der Waals surface area (Å²) in [5.74, 6) is -0.749. The number of carboxylic acid groups (broad SMARTS) is 1. The van der Waals surface area contributed by atoms with Crippen LogP contribution in [0.15, 0.2) is 36.4 Å². The first-order valence-corrected chi connectivity index (χ1v) is 13.8. The van der Waals surface area contributed by atoms with E-state index in [1.165, 1.54) is 23.5 Å².